The van der Waals surface area contributed by atoms with Gasteiger partial charge < -0.3 is 4.42 Å². The minimum absolute atomic E-state index is 0.625. The van der Waals surface area contributed by atoms with E-state index >= 15 is 0 Å². The zero-order chi connectivity index (χ0) is 33.7. The van der Waals surface area contributed by atoms with Gasteiger partial charge in [0.05, 0.1) is 0 Å². The maximum absolute atomic E-state index is 6.44. The highest BCUT2D eigenvalue weighted by Gasteiger charge is 2.17. The summed E-state index contributed by atoms with van der Waals surface area (Å²) >= 11 is 0. The van der Waals surface area contributed by atoms with E-state index in [9.17, 15) is 0 Å². The van der Waals surface area contributed by atoms with Gasteiger partial charge in [0.25, 0.3) is 0 Å². The van der Waals surface area contributed by atoms with Crippen LogP contribution in [0.2, 0.25) is 0 Å². The number of fused-ring (bicyclic) bond motifs is 6. The highest BCUT2D eigenvalue weighted by atomic mass is 16.3. The zero-order valence-corrected chi connectivity index (χ0v) is 27.5. The average molecular weight is 652 g/mol. The van der Waals surface area contributed by atoms with Gasteiger partial charge in [-0.15, -0.1) is 0 Å². The molecule has 0 saturated heterocycles. The molecule has 2 aromatic heterocycles. The highest BCUT2D eigenvalue weighted by molar-refractivity contribution is 6.14. The van der Waals surface area contributed by atoms with Crippen molar-refractivity contribution >= 4 is 43.5 Å². The Bertz CT molecular complexity index is 2860. The molecular formula is C47H29N3O. The molecule has 238 valence electrons. The van der Waals surface area contributed by atoms with Crippen LogP contribution in [-0.2, 0) is 0 Å². The Morgan fingerprint density at radius 1 is 0.314 bits per heavy atom. The monoisotopic (exact) mass is 651 g/mol. The summed E-state index contributed by atoms with van der Waals surface area (Å²) in [5.41, 5.74) is 9.00. The van der Waals surface area contributed by atoms with E-state index in [-0.39, 0.29) is 0 Å². The predicted molar refractivity (Wildman–Crippen MR) is 209 cm³/mol. The molecule has 0 fully saturated rings. The summed E-state index contributed by atoms with van der Waals surface area (Å²) < 4.78 is 6.44. The standard InChI is InChI=1S/C47H29N3O/c1-3-12-32(13-4-1)45-48-46(33-14-5-2-6-15-33)50-47(49-45)37-17-9-16-36(27-37)39-19-10-20-43-44(39)41-29-35(25-26-42(41)51-43)34-24-23-31-22-21-30-11-7-8-18-38(30)40(31)28-34/h1-29H. The smallest absolute Gasteiger partial charge is 0.164 e. The number of rotatable bonds is 5. The van der Waals surface area contributed by atoms with Crippen LogP contribution in [0.3, 0.4) is 0 Å². The van der Waals surface area contributed by atoms with Crippen molar-refractivity contribution in [1.82, 2.24) is 15.0 Å². The van der Waals surface area contributed by atoms with E-state index in [2.05, 4.69) is 115 Å². The van der Waals surface area contributed by atoms with Crippen LogP contribution in [0, 0.1) is 0 Å². The molecule has 0 aliphatic carbocycles. The van der Waals surface area contributed by atoms with Gasteiger partial charge >= 0.3 is 0 Å². The summed E-state index contributed by atoms with van der Waals surface area (Å²) in [4.78, 5) is 14.8. The van der Waals surface area contributed by atoms with Gasteiger partial charge in [0.1, 0.15) is 11.2 Å². The van der Waals surface area contributed by atoms with Crippen LogP contribution < -0.4 is 0 Å². The molecule has 0 saturated carbocycles. The minimum Gasteiger partial charge on any atom is -0.456 e. The second-order valence-corrected chi connectivity index (χ2v) is 12.8. The molecular weight excluding hydrogens is 623 g/mol. The summed E-state index contributed by atoms with van der Waals surface area (Å²) in [6, 6.07) is 61.1. The molecule has 0 aliphatic rings. The fraction of sp³-hybridized carbons (Fsp3) is 0. The third kappa shape index (κ3) is 5.13. The van der Waals surface area contributed by atoms with E-state index in [1.807, 2.05) is 60.7 Å². The molecule has 0 amide bonds. The summed E-state index contributed by atoms with van der Waals surface area (Å²) in [6.07, 6.45) is 0. The molecule has 10 rings (SSSR count). The van der Waals surface area contributed by atoms with Crippen molar-refractivity contribution < 1.29 is 4.42 Å². The minimum atomic E-state index is 0.625. The van der Waals surface area contributed by atoms with Crippen LogP contribution in [0.4, 0.5) is 0 Å². The number of furan rings is 1. The number of nitrogens with zero attached hydrogens (tertiary/aromatic N) is 3. The van der Waals surface area contributed by atoms with Gasteiger partial charge in [0, 0.05) is 27.5 Å². The SMILES string of the molecule is c1ccc(-c2nc(-c3ccccc3)nc(-c3cccc(-c4cccc5oc6ccc(-c7ccc8ccc9ccccc9c8c7)cc6c45)c3)n2)cc1. The summed E-state index contributed by atoms with van der Waals surface area (Å²) in [7, 11) is 0. The maximum atomic E-state index is 6.44. The molecule has 8 aromatic carbocycles. The zero-order valence-electron chi connectivity index (χ0n) is 27.5. The van der Waals surface area contributed by atoms with Crippen molar-refractivity contribution in [3.8, 4) is 56.4 Å². The Balaban J connectivity index is 1.11. The fourth-order valence-corrected chi connectivity index (χ4v) is 7.19. The van der Waals surface area contributed by atoms with Gasteiger partial charge in [-0.1, -0.05) is 146 Å². The average Bonchev–Trinajstić information content (AvgIpc) is 3.59. The number of aromatic nitrogens is 3. The topological polar surface area (TPSA) is 51.8 Å². The first-order chi connectivity index (χ1) is 25.2. The second-order valence-electron chi connectivity index (χ2n) is 12.8. The second kappa shape index (κ2) is 11.9. The number of hydrogen-bond donors (Lipinski definition) is 0. The quantitative estimate of drug-likeness (QED) is 0.174. The Morgan fingerprint density at radius 3 is 1.61 bits per heavy atom. The molecule has 4 nitrogen and oxygen atoms in total. The van der Waals surface area contributed by atoms with Crippen molar-refractivity contribution in [1.29, 1.82) is 0 Å². The van der Waals surface area contributed by atoms with E-state index in [4.69, 9.17) is 19.4 Å². The van der Waals surface area contributed by atoms with Crippen LogP contribution in [0.15, 0.2) is 180 Å². The van der Waals surface area contributed by atoms with E-state index in [1.54, 1.807) is 0 Å². The molecule has 0 radical (unpaired) electrons. The lowest BCUT2D eigenvalue weighted by Crippen LogP contribution is -2.00. The van der Waals surface area contributed by atoms with E-state index in [0.717, 1.165) is 55.3 Å². The van der Waals surface area contributed by atoms with Crippen LogP contribution in [0.5, 0.6) is 0 Å². The Hall–Kier alpha value is -6.91. The molecule has 0 unspecified atom stereocenters. The van der Waals surface area contributed by atoms with Gasteiger partial charge in [0.15, 0.2) is 17.5 Å². The van der Waals surface area contributed by atoms with E-state index in [1.165, 1.54) is 27.1 Å². The van der Waals surface area contributed by atoms with Crippen molar-refractivity contribution in [3.05, 3.63) is 176 Å². The molecule has 2 heterocycles. The van der Waals surface area contributed by atoms with Gasteiger partial charge in [-0.25, -0.2) is 15.0 Å². The summed E-state index contributed by atoms with van der Waals surface area (Å²) in [6.45, 7) is 0. The third-order valence-electron chi connectivity index (χ3n) is 9.71. The number of benzene rings is 8. The first kappa shape index (κ1) is 29.0. The molecule has 0 aliphatic heterocycles. The third-order valence-corrected chi connectivity index (χ3v) is 9.71. The van der Waals surface area contributed by atoms with Crippen LogP contribution in [0.1, 0.15) is 0 Å². The Labute approximate surface area is 294 Å². The van der Waals surface area contributed by atoms with Crippen molar-refractivity contribution in [2.75, 3.05) is 0 Å². The van der Waals surface area contributed by atoms with E-state index < -0.39 is 0 Å². The summed E-state index contributed by atoms with van der Waals surface area (Å²) in [5, 5.41) is 7.17. The van der Waals surface area contributed by atoms with Gasteiger partial charge in [-0.2, -0.15) is 0 Å². The Morgan fingerprint density at radius 2 is 0.863 bits per heavy atom. The van der Waals surface area contributed by atoms with Gasteiger partial charge in [0.2, 0.25) is 0 Å². The first-order valence-electron chi connectivity index (χ1n) is 17.1. The molecule has 0 bridgehead atoms. The van der Waals surface area contributed by atoms with Crippen LogP contribution in [0.25, 0.3) is 99.9 Å². The van der Waals surface area contributed by atoms with Crippen LogP contribution >= 0.6 is 0 Å². The molecule has 0 N–H and O–H groups in total. The maximum Gasteiger partial charge on any atom is 0.164 e. The van der Waals surface area contributed by atoms with E-state index in [0.29, 0.717) is 17.5 Å². The normalized spacial score (nSPS) is 11.5. The molecule has 0 atom stereocenters. The van der Waals surface area contributed by atoms with Crippen LogP contribution in [-0.4, -0.2) is 15.0 Å². The molecule has 4 heteroatoms. The highest BCUT2D eigenvalue weighted by Crippen LogP contribution is 2.40. The first-order valence-corrected chi connectivity index (χ1v) is 17.1. The summed E-state index contributed by atoms with van der Waals surface area (Å²) in [5.74, 6) is 1.91. The van der Waals surface area contributed by atoms with Crippen molar-refractivity contribution in [2.45, 2.75) is 0 Å². The van der Waals surface area contributed by atoms with Gasteiger partial charge in [-0.3, -0.25) is 0 Å². The Kier molecular flexibility index (Phi) is 6.78. The molecule has 0 spiro atoms. The molecule has 51 heavy (non-hydrogen) atoms. The fourth-order valence-electron chi connectivity index (χ4n) is 7.19. The number of hydrogen-bond acceptors (Lipinski definition) is 4. The lowest BCUT2D eigenvalue weighted by atomic mass is 9.95. The lowest BCUT2D eigenvalue weighted by molar-refractivity contribution is 0.669. The largest absolute Gasteiger partial charge is 0.456 e. The predicted octanol–water partition coefficient (Wildman–Crippen LogP) is 12.4. The molecule has 10 aromatic rings. The van der Waals surface area contributed by atoms with Crippen molar-refractivity contribution in [2.24, 2.45) is 0 Å². The van der Waals surface area contributed by atoms with Crippen molar-refractivity contribution in [3.63, 3.8) is 0 Å². The lowest BCUT2D eigenvalue weighted by Gasteiger charge is -2.10. The van der Waals surface area contributed by atoms with Gasteiger partial charge in [-0.05, 0) is 74.1 Å².